The van der Waals surface area contributed by atoms with Crippen LogP contribution in [-0.4, -0.2) is 45.8 Å². The van der Waals surface area contributed by atoms with Crippen LogP contribution >= 0.6 is 0 Å². The molecule has 0 spiro atoms. The van der Waals surface area contributed by atoms with E-state index in [1.807, 2.05) is 20.8 Å². The smallest absolute Gasteiger partial charge is 0.0540 e. The quantitative estimate of drug-likeness (QED) is 0.530. The van der Waals surface area contributed by atoms with Crippen molar-refractivity contribution in [1.82, 2.24) is 5.06 Å². The summed E-state index contributed by atoms with van der Waals surface area (Å²) in [6.45, 7) is 6.85. The summed E-state index contributed by atoms with van der Waals surface area (Å²) >= 11 is 0. The van der Waals surface area contributed by atoms with Crippen LogP contribution in [0.4, 0.5) is 0 Å². The van der Waals surface area contributed by atoms with Crippen molar-refractivity contribution in [2.75, 3.05) is 13.1 Å². The molecule has 0 fully saturated rings. The van der Waals surface area contributed by atoms with Gasteiger partial charge in [0.1, 0.15) is 0 Å². The summed E-state index contributed by atoms with van der Waals surface area (Å²) in [5.74, 6) is 0.148. The Kier molecular flexibility index (Phi) is 8.84. The molecule has 0 aliphatic heterocycles. The number of aliphatic hydroxyl groups is 2. The van der Waals surface area contributed by atoms with Gasteiger partial charge in [0.05, 0.1) is 12.2 Å². The molecule has 0 aliphatic carbocycles. The van der Waals surface area contributed by atoms with E-state index < -0.39 is 0 Å². The van der Waals surface area contributed by atoms with Crippen LogP contribution in [0.1, 0.15) is 46.5 Å². The summed E-state index contributed by atoms with van der Waals surface area (Å²) in [4.78, 5) is 0. The van der Waals surface area contributed by atoms with Gasteiger partial charge in [-0.15, -0.1) is 0 Å². The van der Waals surface area contributed by atoms with Crippen LogP contribution in [0.3, 0.4) is 0 Å². The van der Waals surface area contributed by atoms with E-state index in [0.717, 1.165) is 12.8 Å². The molecule has 0 aromatic rings. The molecule has 2 unspecified atom stereocenters. The maximum atomic E-state index is 9.62. The lowest BCUT2D eigenvalue weighted by atomic mass is 9.93. The Morgan fingerprint density at radius 3 is 1.69 bits per heavy atom. The van der Waals surface area contributed by atoms with E-state index in [4.69, 9.17) is 0 Å². The lowest BCUT2D eigenvalue weighted by molar-refractivity contribution is -0.103. The van der Waals surface area contributed by atoms with Crippen LogP contribution in [-0.2, 0) is 0 Å². The van der Waals surface area contributed by atoms with Gasteiger partial charge in [0, 0.05) is 13.1 Å². The average Bonchev–Trinajstić information content (AvgIpc) is 2.28. The van der Waals surface area contributed by atoms with E-state index in [1.54, 1.807) is 0 Å². The van der Waals surface area contributed by atoms with Crippen molar-refractivity contribution in [3.8, 4) is 0 Å². The zero-order valence-electron chi connectivity index (χ0n) is 10.8. The molecule has 0 aliphatic rings. The van der Waals surface area contributed by atoms with Gasteiger partial charge in [0.25, 0.3) is 0 Å². The third-order valence-electron chi connectivity index (χ3n) is 2.99. The fourth-order valence-corrected chi connectivity index (χ4v) is 1.78. The zero-order valence-corrected chi connectivity index (χ0v) is 10.8. The standard InChI is InChI=1S/C12H27NO3/c1-4-11(14)7-10(8-12(15)5-2)9-13(16)6-3/h10-12,14-16H,4-9H2,1-3H3. The van der Waals surface area contributed by atoms with Crippen molar-refractivity contribution in [1.29, 1.82) is 0 Å². The van der Waals surface area contributed by atoms with Gasteiger partial charge >= 0.3 is 0 Å². The largest absolute Gasteiger partial charge is 0.393 e. The highest BCUT2D eigenvalue weighted by Crippen LogP contribution is 2.18. The van der Waals surface area contributed by atoms with Crippen molar-refractivity contribution in [2.24, 2.45) is 5.92 Å². The molecule has 0 saturated heterocycles. The van der Waals surface area contributed by atoms with Crippen LogP contribution in [0.15, 0.2) is 0 Å². The number of hydrogen-bond acceptors (Lipinski definition) is 4. The van der Waals surface area contributed by atoms with Gasteiger partial charge in [-0.05, 0) is 31.6 Å². The first kappa shape index (κ1) is 15.8. The first-order valence-corrected chi connectivity index (χ1v) is 6.33. The maximum Gasteiger partial charge on any atom is 0.0540 e. The number of nitrogens with zero attached hydrogens (tertiary/aromatic N) is 1. The van der Waals surface area contributed by atoms with Gasteiger partial charge in [-0.25, -0.2) is 0 Å². The predicted octanol–water partition coefficient (Wildman–Crippen LogP) is 1.64. The summed E-state index contributed by atoms with van der Waals surface area (Å²) in [6, 6.07) is 0. The highest BCUT2D eigenvalue weighted by Gasteiger charge is 2.18. The summed E-state index contributed by atoms with van der Waals surface area (Å²) in [5, 5.41) is 30.0. The Labute approximate surface area is 98.9 Å². The molecule has 0 radical (unpaired) electrons. The van der Waals surface area contributed by atoms with Crippen molar-refractivity contribution >= 4 is 0 Å². The molecular weight excluding hydrogens is 206 g/mol. The maximum absolute atomic E-state index is 9.62. The fourth-order valence-electron chi connectivity index (χ4n) is 1.78. The molecular formula is C12H27NO3. The van der Waals surface area contributed by atoms with Crippen molar-refractivity contribution in [3.63, 3.8) is 0 Å². The van der Waals surface area contributed by atoms with E-state index in [-0.39, 0.29) is 18.1 Å². The lowest BCUT2D eigenvalue weighted by Crippen LogP contribution is -2.30. The van der Waals surface area contributed by atoms with Crippen LogP contribution in [0, 0.1) is 5.92 Å². The minimum absolute atomic E-state index is 0.148. The first-order valence-electron chi connectivity index (χ1n) is 6.33. The Balaban J connectivity index is 4.15. The van der Waals surface area contributed by atoms with Gasteiger partial charge in [-0.3, -0.25) is 0 Å². The molecule has 0 amide bonds. The Morgan fingerprint density at radius 2 is 1.38 bits per heavy atom. The molecule has 4 heteroatoms. The molecule has 2 atom stereocenters. The van der Waals surface area contributed by atoms with E-state index in [1.165, 1.54) is 5.06 Å². The molecule has 0 bridgehead atoms. The Hall–Kier alpha value is -0.160. The van der Waals surface area contributed by atoms with Crippen molar-refractivity contribution in [2.45, 2.75) is 58.7 Å². The predicted molar refractivity (Wildman–Crippen MR) is 64.4 cm³/mol. The Bertz CT molecular complexity index is 138. The molecule has 0 aromatic carbocycles. The van der Waals surface area contributed by atoms with Crippen LogP contribution in [0.5, 0.6) is 0 Å². The second-order valence-corrected chi connectivity index (χ2v) is 4.47. The molecule has 3 N–H and O–H groups in total. The SMILES string of the molecule is CCC(O)CC(CC(O)CC)CN(O)CC. The van der Waals surface area contributed by atoms with Gasteiger partial charge < -0.3 is 15.4 Å². The van der Waals surface area contributed by atoms with Gasteiger partial charge in [-0.1, -0.05) is 20.8 Å². The van der Waals surface area contributed by atoms with E-state index in [0.29, 0.717) is 25.9 Å². The second kappa shape index (κ2) is 8.93. The molecule has 0 saturated carbocycles. The minimum atomic E-state index is -0.334. The minimum Gasteiger partial charge on any atom is -0.393 e. The van der Waals surface area contributed by atoms with E-state index >= 15 is 0 Å². The fraction of sp³-hybridized carbons (Fsp3) is 1.00. The molecule has 4 nitrogen and oxygen atoms in total. The molecule has 0 heterocycles. The lowest BCUT2D eigenvalue weighted by Gasteiger charge is -2.25. The zero-order chi connectivity index (χ0) is 12.6. The van der Waals surface area contributed by atoms with E-state index in [9.17, 15) is 15.4 Å². The molecule has 0 rings (SSSR count). The normalized spacial score (nSPS) is 17.4. The molecule has 0 aromatic heterocycles. The van der Waals surface area contributed by atoms with Crippen molar-refractivity contribution in [3.05, 3.63) is 0 Å². The summed E-state index contributed by atoms with van der Waals surface area (Å²) in [6.07, 6.45) is 2.06. The van der Waals surface area contributed by atoms with Gasteiger partial charge in [-0.2, -0.15) is 5.06 Å². The average molecular weight is 233 g/mol. The number of hydrogen-bond donors (Lipinski definition) is 3. The number of hydroxylamine groups is 2. The van der Waals surface area contributed by atoms with Gasteiger partial charge in [0.15, 0.2) is 0 Å². The summed E-state index contributed by atoms with van der Waals surface area (Å²) in [7, 11) is 0. The monoisotopic (exact) mass is 233 g/mol. The van der Waals surface area contributed by atoms with E-state index in [2.05, 4.69) is 0 Å². The highest BCUT2D eigenvalue weighted by molar-refractivity contribution is 4.70. The first-order chi connectivity index (χ1) is 7.53. The van der Waals surface area contributed by atoms with Gasteiger partial charge in [0.2, 0.25) is 0 Å². The third kappa shape index (κ3) is 7.17. The summed E-state index contributed by atoms with van der Waals surface area (Å²) < 4.78 is 0. The van der Waals surface area contributed by atoms with Crippen molar-refractivity contribution < 1.29 is 15.4 Å². The summed E-state index contributed by atoms with van der Waals surface area (Å²) in [5.41, 5.74) is 0. The molecule has 98 valence electrons. The number of aliphatic hydroxyl groups excluding tert-OH is 2. The Morgan fingerprint density at radius 1 is 0.938 bits per heavy atom. The highest BCUT2D eigenvalue weighted by atomic mass is 16.5. The second-order valence-electron chi connectivity index (χ2n) is 4.47. The third-order valence-corrected chi connectivity index (χ3v) is 2.99. The van der Waals surface area contributed by atoms with Crippen LogP contribution < -0.4 is 0 Å². The van der Waals surface area contributed by atoms with Crippen LogP contribution in [0.25, 0.3) is 0 Å². The topological polar surface area (TPSA) is 63.9 Å². The van der Waals surface area contributed by atoms with Crippen LogP contribution in [0.2, 0.25) is 0 Å². The molecule has 16 heavy (non-hydrogen) atoms. The number of rotatable bonds is 9.